The fourth-order valence-corrected chi connectivity index (χ4v) is 3.72. The number of likely N-dealkylation sites (tertiary alicyclic amines) is 1. The molecule has 1 aromatic heterocycles. The summed E-state index contributed by atoms with van der Waals surface area (Å²) in [5.41, 5.74) is 4.17. The molecular formula is C23H30N4O4. The Labute approximate surface area is 182 Å². The molecule has 31 heavy (non-hydrogen) atoms. The predicted octanol–water partition coefficient (Wildman–Crippen LogP) is 2.45. The summed E-state index contributed by atoms with van der Waals surface area (Å²) in [6.45, 7) is 4.03. The molecule has 8 nitrogen and oxygen atoms in total. The lowest BCUT2D eigenvalue weighted by Gasteiger charge is -2.28. The number of nitrogens with zero attached hydrogens (tertiary/aromatic N) is 2. The van der Waals surface area contributed by atoms with Gasteiger partial charge >= 0.3 is 0 Å². The monoisotopic (exact) mass is 426 g/mol. The third kappa shape index (κ3) is 6.77. The van der Waals surface area contributed by atoms with Crippen LogP contribution in [0.2, 0.25) is 0 Å². The quantitative estimate of drug-likeness (QED) is 0.443. The zero-order valence-electron chi connectivity index (χ0n) is 17.8. The fourth-order valence-electron chi connectivity index (χ4n) is 3.72. The van der Waals surface area contributed by atoms with E-state index in [1.807, 2.05) is 24.0 Å². The number of hydroxylamine groups is 1. The molecule has 2 aromatic rings. The summed E-state index contributed by atoms with van der Waals surface area (Å²) in [6.07, 6.45) is 6.02. The van der Waals surface area contributed by atoms with Crippen molar-refractivity contribution in [3.8, 4) is 5.75 Å². The van der Waals surface area contributed by atoms with E-state index in [0.717, 1.165) is 50.0 Å². The van der Waals surface area contributed by atoms with Crippen LogP contribution in [0.3, 0.4) is 0 Å². The molecule has 0 saturated carbocycles. The van der Waals surface area contributed by atoms with Gasteiger partial charge in [0, 0.05) is 24.0 Å². The summed E-state index contributed by atoms with van der Waals surface area (Å²) in [5.74, 6) is -0.118. The molecule has 2 heterocycles. The number of aromatic nitrogens is 1. The number of carbonyl (C=O) groups excluding carboxylic acids is 2. The van der Waals surface area contributed by atoms with E-state index >= 15 is 0 Å². The SMILES string of the molecule is Cc1cc(COc2ccc(C(=O)NC[C@H](C(=O)NO)N3CCCCCC3)cc2)ccn1. The topological polar surface area (TPSA) is 104 Å². The van der Waals surface area contributed by atoms with Crippen LogP contribution in [0.5, 0.6) is 5.75 Å². The third-order valence-electron chi connectivity index (χ3n) is 5.43. The maximum Gasteiger partial charge on any atom is 0.262 e. The number of amides is 2. The molecule has 3 rings (SSSR count). The summed E-state index contributed by atoms with van der Waals surface area (Å²) in [7, 11) is 0. The standard InChI is InChI=1S/C23H30N4O4/c1-17-14-18(10-11-24-17)16-31-20-8-6-19(7-9-20)22(28)25-15-21(23(29)26-30)27-12-4-2-3-5-13-27/h6-11,14,21,30H,2-5,12-13,15-16H2,1H3,(H,25,28)(H,26,29)/t21-/m1/s1. The Morgan fingerprint density at radius 2 is 1.84 bits per heavy atom. The van der Waals surface area contributed by atoms with E-state index in [1.54, 1.807) is 35.9 Å². The highest BCUT2D eigenvalue weighted by molar-refractivity contribution is 5.94. The Morgan fingerprint density at radius 1 is 1.13 bits per heavy atom. The largest absolute Gasteiger partial charge is 0.489 e. The lowest BCUT2D eigenvalue weighted by Crippen LogP contribution is -2.52. The highest BCUT2D eigenvalue weighted by Gasteiger charge is 2.27. The van der Waals surface area contributed by atoms with E-state index in [4.69, 9.17) is 9.94 Å². The van der Waals surface area contributed by atoms with Gasteiger partial charge in [0.15, 0.2) is 0 Å². The van der Waals surface area contributed by atoms with Crippen molar-refractivity contribution < 1.29 is 19.5 Å². The van der Waals surface area contributed by atoms with Crippen LogP contribution in [-0.4, -0.2) is 52.6 Å². The second kappa shape index (κ2) is 11.4. The molecule has 3 N–H and O–H groups in total. The molecule has 0 radical (unpaired) electrons. The van der Waals surface area contributed by atoms with Crippen molar-refractivity contribution in [2.45, 2.75) is 45.3 Å². The minimum atomic E-state index is -0.599. The number of hydrogen-bond donors (Lipinski definition) is 3. The molecule has 8 heteroatoms. The number of nitrogens with one attached hydrogen (secondary N) is 2. The van der Waals surface area contributed by atoms with Gasteiger partial charge in [-0.05, 0) is 74.8 Å². The average Bonchev–Trinajstić information content (AvgIpc) is 3.07. The molecule has 1 aliphatic rings. The van der Waals surface area contributed by atoms with Crippen molar-refractivity contribution in [1.82, 2.24) is 20.7 Å². The van der Waals surface area contributed by atoms with Gasteiger partial charge in [0.2, 0.25) is 0 Å². The summed E-state index contributed by atoms with van der Waals surface area (Å²) in [4.78, 5) is 30.9. The second-order valence-corrected chi connectivity index (χ2v) is 7.77. The molecule has 2 amide bonds. The Balaban J connectivity index is 1.54. The zero-order valence-corrected chi connectivity index (χ0v) is 17.8. The smallest absolute Gasteiger partial charge is 0.262 e. The average molecular weight is 427 g/mol. The van der Waals surface area contributed by atoms with Crippen LogP contribution >= 0.6 is 0 Å². The van der Waals surface area contributed by atoms with Gasteiger partial charge in [-0.2, -0.15) is 0 Å². The first-order chi connectivity index (χ1) is 15.1. The van der Waals surface area contributed by atoms with Crippen molar-refractivity contribution in [1.29, 1.82) is 0 Å². The van der Waals surface area contributed by atoms with Gasteiger partial charge in [0.25, 0.3) is 11.8 Å². The summed E-state index contributed by atoms with van der Waals surface area (Å²) >= 11 is 0. The van der Waals surface area contributed by atoms with Gasteiger partial charge in [-0.25, -0.2) is 5.48 Å². The first-order valence-electron chi connectivity index (χ1n) is 10.7. The predicted molar refractivity (Wildman–Crippen MR) is 116 cm³/mol. The number of rotatable bonds is 8. The first kappa shape index (κ1) is 22.7. The van der Waals surface area contributed by atoms with E-state index in [1.165, 1.54) is 0 Å². The van der Waals surface area contributed by atoms with Crippen LogP contribution < -0.4 is 15.5 Å². The minimum Gasteiger partial charge on any atom is -0.489 e. The molecule has 1 fully saturated rings. The van der Waals surface area contributed by atoms with Gasteiger partial charge in [-0.1, -0.05) is 12.8 Å². The highest BCUT2D eigenvalue weighted by atomic mass is 16.5. The van der Waals surface area contributed by atoms with Crippen molar-refractivity contribution in [2.75, 3.05) is 19.6 Å². The molecule has 0 spiro atoms. The Kier molecular flexibility index (Phi) is 8.37. The lowest BCUT2D eigenvalue weighted by molar-refractivity contribution is -0.134. The molecular weight excluding hydrogens is 396 g/mol. The van der Waals surface area contributed by atoms with Gasteiger partial charge in [0.1, 0.15) is 18.4 Å². The van der Waals surface area contributed by atoms with Crippen molar-refractivity contribution >= 4 is 11.8 Å². The molecule has 1 aliphatic heterocycles. The molecule has 0 unspecified atom stereocenters. The van der Waals surface area contributed by atoms with Crippen molar-refractivity contribution in [3.05, 3.63) is 59.4 Å². The maximum absolute atomic E-state index is 12.6. The van der Waals surface area contributed by atoms with Crippen molar-refractivity contribution in [2.24, 2.45) is 0 Å². The zero-order chi connectivity index (χ0) is 22.1. The molecule has 1 saturated heterocycles. The Hall–Kier alpha value is -2.97. The van der Waals surface area contributed by atoms with Gasteiger partial charge in [-0.3, -0.25) is 24.7 Å². The fraction of sp³-hybridized carbons (Fsp3) is 0.435. The lowest BCUT2D eigenvalue weighted by atomic mass is 10.1. The van der Waals surface area contributed by atoms with Crippen LogP contribution in [0, 0.1) is 6.92 Å². The van der Waals surface area contributed by atoms with Crippen molar-refractivity contribution in [3.63, 3.8) is 0 Å². The molecule has 1 atom stereocenters. The summed E-state index contributed by atoms with van der Waals surface area (Å²) in [6, 6.07) is 10.1. The number of benzene rings is 1. The Morgan fingerprint density at radius 3 is 2.48 bits per heavy atom. The number of hydrogen-bond acceptors (Lipinski definition) is 6. The first-order valence-corrected chi connectivity index (χ1v) is 10.7. The number of carbonyl (C=O) groups is 2. The van der Waals surface area contributed by atoms with E-state index in [0.29, 0.717) is 17.9 Å². The molecule has 0 bridgehead atoms. The van der Waals surface area contributed by atoms with E-state index < -0.39 is 11.9 Å². The minimum absolute atomic E-state index is 0.130. The second-order valence-electron chi connectivity index (χ2n) is 7.77. The van der Waals surface area contributed by atoms with Crippen LogP contribution in [0.1, 0.15) is 47.3 Å². The van der Waals surface area contributed by atoms with Gasteiger partial charge in [0.05, 0.1) is 0 Å². The maximum atomic E-state index is 12.6. The molecule has 0 aliphatic carbocycles. The number of pyridine rings is 1. The highest BCUT2D eigenvalue weighted by Crippen LogP contribution is 2.15. The van der Waals surface area contributed by atoms with Gasteiger partial charge < -0.3 is 10.1 Å². The normalized spacial score (nSPS) is 15.5. The van der Waals surface area contributed by atoms with E-state index in [2.05, 4.69) is 10.3 Å². The van der Waals surface area contributed by atoms with E-state index in [-0.39, 0.29) is 12.5 Å². The Bertz CT molecular complexity index is 864. The van der Waals surface area contributed by atoms with E-state index in [9.17, 15) is 9.59 Å². The number of aryl methyl sites for hydroxylation is 1. The van der Waals surface area contributed by atoms with Gasteiger partial charge in [-0.15, -0.1) is 0 Å². The number of ether oxygens (including phenoxy) is 1. The third-order valence-corrected chi connectivity index (χ3v) is 5.43. The van der Waals surface area contributed by atoms with Crippen LogP contribution in [0.15, 0.2) is 42.6 Å². The summed E-state index contributed by atoms with van der Waals surface area (Å²) < 4.78 is 5.77. The molecule has 1 aromatic carbocycles. The van der Waals surface area contributed by atoms with Crippen LogP contribution in [0.25, 0.3) is 0 Å². The summed E-state index contributed by atoms with van der Waals surface area (Å²) in [5, 5.41) is 11.9. The van der Waals surface area contributed by atoms with Crippen LogP contribution in [0.4, 0.5) is 0 Å². The van der Waals surface area contributed by atoms with Crippen LogP contribution in [-0.2, 0) is 11.4 Å². The molecule has 166 valence electrons.